The van der Waals surface area contributed by atoms with Crippen LogP contribution in [0.4, 0.5) is 0 Å². The molecule has 5 nitrogen and oxygen atoms in total. The summed E-state index contributed by atoms with van der Waals surface area (Å²) in [6.07, 6.45) is 5.76. The van der Waals surface area contributed by atoms with Crippen LogP contribution in [0.25, 0.3) is 11.0 Å². The Morgan fingerprint density at radius 3 is 2.45 bits per heavy atom. The highest BCUT2D eigenvalue weighted by molar-refractivity contribution is 5.87. The summed E-state index contributed by atoms with van der Waals surface area (Å²) in [7, 11) is 0. The number of aromatic nitrogens is 2. The molecule has 3 fully saturated rings. The number of piperidine rings is 1. The van der Waals surface area contributed by atoms with E-state index in [9.17, 15) is 4.79 Å². The van der Waals surface area contributed by atoms with Gasteiger partial charge in [-0.15, -0.1) is 0 Å². The van der Waals surface area contributed by atoms with E-state index < -0.39 is 5.41 Å². The number of fused-ring (bicyclic) bond motifs is 3. The van der Waals surface area contributed by atoms with Gasteiger partial charge in [-0.05, 0) is 69.6 Å². The van der Waals surface area contributed by atoms with Crippen molar-refractivity contribution in [3.63, 3.8) is 0 Å². The lowest BCUT2D eigenvalue weighted by molar-refractivity contribution is -0.146. The number of ether oxygens (including phenoxy) is 1. The predicted molar refractivity (Wildman–Crippen MR) is 129 cm³/mol. The molecule has 6 rings (SSSR count). The zero-order chi connectivity index (χ0) is 22.6. The quantitative estimate of drug-likeness (QED) is 0.501. The Morgan fingerprint density at radius 2 is 1.73 bits per heavy atom. The van der Waals surface area contributed by atoms with Crippen molar-refractivity contribution in [1.82, 2.24) is 14.5 Å². The van der Waals surface area contributed by atoms with Gasteiger partial charge in [0.05, 0.1) is 23.1 Å². The summed E-state index contributed by atoms with van der Waals surface area (Å²) in [5, 5.41) is 0. The third-order valence-corrected chi connectivity index (χ3v) is 8.46. The summed E-state index contributed by atoms with van der Waals surface area (Å²) >= 11 is 0. The summed E-state index contributed by atoms with van der Waals surface area (Å²) in [5.74, 6) is 1.43. The van der Waals surface area contributed by atoms with Gasteiger partial charge in [-0.3, -0.25) is 9.69 Å². The first-order valence-electron chi connectivity index (χ1n) is 12.5. The molecule has 1 saturated carbocycles. The van der Waals surface area contributed by atoms with Crippen molar-refractivity contribution in [3.8, 4) is 0 Å². The molecule has 3 aromatic rings. The number of benzene rings is 2. The second kappa shape index (κ2) is 7.98. The van der Waals surface area contributed by atoms with E-state index in [1.54, 1.807) is 0 Å². The number of imidazole rings is 1. The Bertz CT molecular complexity index is 1160. The van der Waals surface area contributed by atoms with Crippen molar-refractivity contribution < 1.29 is 9.53 Å². The molecule has 2 aromatic carbocycles. The highest BCUT2D eigenvalue weighted by Gasteiger charge is 2.63. The molecule has 3 aliphatic rings. The van der Waals surface area contributed by atoms with Gasteiger partial charge >= 0.3 is 5.97 Å². The lowest BCUT2D eigenvalue weighted by Gasteiger charge is -2.40. The van der Waals surface area contributed by atoms with Gasteiger partial charge in [0, 0.05) is 24.7 Å². The number of para-hydroxylation sites is 2. The SMILES string of the molecule is CCOC(=O)[C@@]1(c2ccccc2)C[C@H]1CN1[C@@H]2CC[C@H]1C[C@@H](n1c(C)nc3ccccc31)C2. The first-order chi connectivity index (χ1) is 16.1. The molecular formula is C28H33N3O2. The number of carbonyl (C=O) groups excluding carboxylic acids is 1. The van der Waals surface area contributed by atoms with E-state index in [4.69, 9.17) is 9.72 Å². The molecule has 0 N–H and O–H groups in total. The zero-order valence-electron chi connectivity index (χ0n) is 19.6. The average Bonchev–Trinajstić information content (AvgIpc) is 3.39. The van der Waals surface area contributed by atoms with Crippen LogP contribution in [0.1, 0.15) is 56.5 Å². The molecule has 3 heterocycles. The third-order valence-electron chi connectivity index (χ3n) is 8.46. The summed E-state index contributed by atoms with van der Waals surface area (Å²) < 4.78 is 8.05. The minimum Gasteiger partial charge on any atom is -0.465 e. The number of carbonyl (C=O) groups is 1. The largest absolute Gasteiger partial charge is 0.465 e. The fourth-order valence-corrected chi connectivity index (χ4v) is 6.90. The molecule has 2 bridgehead atoms. The first kappa shape index (κ1) is 20.9. The van der Waals surface area contributed by atoms with Crippen molar-refractivity contribution in [2.24, 2.45) is 5.92 Å². The summed E-state index contributed by atoms with van der Waals surface area (Å²) in [6.45, 7) is 5.49. The monoisotopic (exact) mass is 443 g/mol. The fraction of sp³-hybridized carbons (Fsp3) is 0.500. The van der Waals surface area contributed by atoms with Gasteiger partial charge in [0.25, 0.3) is 0 Å². The Balaban J connectivity index is 1.22. The van der Waals surface area contributed by atoms with Gasteiger partial charge in [0.15, 0.2) is 0 Å². The Morgan fingerprint density at radius 1 is 1.03 bits per heavy atom. The Labute approximate surface area is 195 Å². The molecule has 0 unspecified atom stereocenters. The second-order valence-electron chi connectivity index (χ2n) is 10.2. The standard InChI is InChI=1S/C28H33N3O2/c1-3-33-27(32)28(20-9-5-4-6-10-20)17-21(28)18-30-22-13-14-23(30)16-24(15-22)31-19(2)29-25-11-7-8-12-26(25)31/h4-12,21-24H,3,13-18H2,1-2H3/t21-,22-,23+,24+,28+/m0/s1. The average molecular weight is 444 g/mol. The lowest BCUT2D eigenvalue weighted by atomic mass is 9.91. The molecule has 172 valence electrons. The van der Waals surface area contributed by atoms with Crippen LogP contribution in [0.15, 0.2) is 54.6 Å². The third kappa shape index (κ3) is 3.31. The van der Waals surface area contributed by atoms with Gasteiger partial charge < -0.3 is 9.30 Å². The molecule has 5 atom stereocenters. The first-order valence-corrected chi connectivity index (χ1v) is 12.5. The summed E-state index contributed by atoms with van der Waals surface area (Å²) in [4.78, 5) is 20.6. The van der Waals surface area contributed by atoms with Crippen LogP contribution in [0, 0.1) is 12.8 Å². The van der Waals surface area contributed by atoms with Crippen LogP contribution < -0.4 is 0 Å². The number of hydrogen-bond donors (Lipinski definition) is 0. The lowest BCUT2D eigenvalue weighted by Crippen LogP contribution is -2.45. The molecule has 5 heteroatoms. The van der Waals surface area contributed by atoms with E-state index in [2.05, 4.69) is 52.8 Å². The van der Waals surface area contributed by atoms with Crippen LogP contribution in [-0.4, -0.2) is 45.7 Å². The topological polar surface area (TPSA) is 47.4 Å². The minimum atomic E-state index is -0.454. The molecule has 0 amide bonds. The molecule has 2 aliphatic heterocycles. The molecule has 2 saturated heterocycles. The fourth-order valence-electron chi connectivity index (χ4n) is 6.90. The normalized spacial score (nSPS) is 31.1. The maximum atomic E-state index is 13.1. The molecule has 0 spiro atoms. The molecular weight excluding hydrogens is 410 g/mol. The summed E-state index contributed by atoms with van der Waals surface area (Å²) in [6, 6.07) is 20.5. The van der Waals surface area contributed by atoms with Crippen molar-refractivity contribution in [1.29, 1.82) is 0 Å². The highest BCUT2D eigenvalue weighted by atomic mass is 16.5. The van der Waals surface area contributed by atoms with Gasteiger partial charge in [-0.2, -0.15) is 0 Å². The molecule has 1 aliphatic carbocycles. The van der Waals surface area contributed by atoms with Crippen LogP contribution in [0.3, 0.4) is 0 Å². The Hall–Kier alpha value is -2.66. The summed E-state index contributed by atoms with van der Waals surface area (Å²) in [5.41, 5.74) is 3.03. The van der Waals surface area contributed by atoms with E-state index in [0.717, 1.165) is 29.9 Å². The van der Waals surface area contributed by atoms with Crippen molar-refractivity contribution in [2.75, 3.05) is 13.2 Å². The second-order valence-corrected chi connectivity index (χ2v) is 10.2. The predicted octanol–water partition coefficient (Wildman–Crippen LogP) is 5.03. The van der Waals surface area contributed by atoms with Crippen LogP contribution in [-0.2, 0) is 14.9 Å². The molecule has 0 radical (unpaired) electrons. The maximum Gasteiger partial charge on any atom is 0.316 e. The highest BCUT2D eigenvalue weighted by Crippen LogP contribution is 2.57. The van der Waals surface area contributed by atoms with Crippen LogP contribution in [0.5, 0.6) is 0 Å². The Kier molecular flexibility index (Phi) is 5.06. The van der Waals surface area contributed by atoms with Crippen LogP contribution >= 0.6 is 0 Å². The molecule has 33 heavy (non-hydrogen) atoms. The maximum absolute atomic E-state index is 13.1. The van der Waals surface area contributed by atoms with Gasteiger partial charge in [0.1, 0.15) is 5.82 Å². The van der Waals surface area contributed by atoms with Crippen molar-refractivity contribution >= 4 is 17.0 Å². The van der Waals surface area contributed by atoms with Crippen molar-refractivity contribution in [2.45, 2.75) is 69.5 Å². The van der Waals surface area contributed by atoms with Gasteiger partial charge in [-0.1, -0.05) is 42.5 Å². The smallest absolute Gasteiger partial charge is 0.316 e. The van der Waals surface area contributed by atoms with Gasteiger partial charge in [0.2, 0.25) is 0 Å². The van der Waals surface area contributed by atoms with Crippen LogP contribution in [0.2, 0.25) is 0 Å². The minimum absolute atomic E-state index is 0.0380. The molecule has 1 aromatic heterocycles. The van der Waals surface area contributed by atoms with E-state index in [-0.39, 0.29) is 5.97 Å². The number of aryl methyl sites for hydroxylation is 1. The van der Waals surface area contributed by atoms with E-state index in [1.165, 1.54) is 31.2 Å². The van der Waals surface area contributed by atoms with E-state index in [1.807, 2.05) is 25.1 Å². The van der Waals surface area contributed by atoms with Gasteiger partial charge in [-0.25, -0.2) is 4.98 Å². The van der Waals surface area contributed by atoms with E-state index >= 15 is 0 Å². The number of nitrogens with zero attached hydrogens (tertiary/aromatic N) is 3. The van der Waals surface area contributed by atoms with E-state index in [0.29, 0.717) is 30.7 Å². The zero-order valence-corrected chi connectivity index (χ0v) is 19.6. The number of esters is 1. The number of hydrogen-bond acceptors (Lipinski definition) is 4. The number of rotatable bonds is 6. The van der Waals surface area contributed by atoms with Crippen molar-refractivity contribution in [3.05, 3.63) is 66.0 Å².